The first-order chi connectivity index (χ1) is 8.18. The molecule has 0 aliphatic heterocycles. The van der Waals surface area contributed by atoms with Gasteiger partial charge in [0.2, 0.25) is 0 Å². The maximum atomic E-state index is 4.12. The van der Waals surface area contributed by atoms with E-state index < -0.39 is 0 Å². The van der Waals surface area contributed by atoms with Crippen LogP contribution in [0.4, 0.5) is 0 Å². The summed E-state index contributed by atoms with van der Waals surface area (Å²) in [6.07, 6.45) is 3.74. The van der Waals surface area contributed by atoms with Crippen LogP contribution in [0.5, 0.6) is 0 Å². The molecule has 0 saturated carbocycles. The molecular weight excluding hydrogens is 212 g/mol. The number of aromatic nitrogens is 1. The van der Waals surface area contributed by atoms with Gasteiger partial charge >= 0.3 is 0 Å². The molecule has 0 aliphatic rings. The maximum Gasteiger partial charge on any atom is 0.0312 e. The van der Waals surface area contributed by atoms with E-state index in [2.05, 4.69) is 47.3 Å². The minimum Gasteiger partial charge on any atom is -0.314 e. The van der Waals surface area contributed by atoms with Crippen molar-refractivity contribution in [3.8, 4) is 0 Å². The van der Waals surface area contributed by atoms with Crippen LogP contribution in [-0.2, 0) is 6.54 Å². The van der Waals surface area contributed by atoms with Crippen molar-refractivity contribution in [2.75, 3.05) is 47.3 Å². The van der Waals surface area contributed by atoms with Crippen LogP contribution in [-0.4, -0.2) is 62.1 Å². The molecule has 0 bridgehead atoms. The average Bonchev–Trinajstić information content (AvgIpc) is 2.29. The lowest BCUT2D eigenvalue weighted by Crippen LogP contribution is -2.33. The summed E-state index contributed by atoms with van der Waals surface area (Å²) in [4.78, 5) is 8.61. The molecule has 1 N–H and O–H groups in total. The molecule has 0 spiro atoms. The Hall–Kier alpha value is -0.970. The normalized spacial score (nSPS) is 11.4. The van der Waals surface area contributed by atoms with Crippen molar-refractivity contribution < 1.29 is 0 Å². The molecule has 17 heavy (non-hydrogen) atoms. The molecule has 1 heterocycles. The van der Waals surface area contributed by atoms with E-state index in [0.29, 0.717) is 0 Å². The molecular formula is C13H24N4. The summed E-state index contributed by atoms with van der Waals surface area (Å²) in [5.74, 6) is 0. The number of likely N-dealkylation sites (N-methyl/N-ethyl adjacent to an activating group) is 2. The SMILES string of the molecule is CN(C)CCNCCN(C)Cc1cccnc1. The van der Waals surface area contributed by atoms with E-state index in [0.717, 1.165) is 32.7 Å². The van der Waals surface area contributed by atoms with Crippen molar-refractivity contribution in [2.24, 2.45) is 0 Å². The third-order valence-corrected chi connectivity index (χ3v) is 2.58. The Morgan fingerprint density at radius 2 is 1.94 bits per heavy atom. The van der Waals surface area contributed by atoms with E-state index in [-0.39, 0.29) is 0 Å². The van der Waals surface area contributed by atoms with Crippen LogP contribution in [0, 0.1) is 0 Å². The summed E-state index contributed by atoms with van der Waals surface area (Å²) in [5.41, 5.74) is 1.27. The predicted molar refractivity (Wildman–Crippen MR) is 72.0 cm³/mol. The van der Waals surface area contributed by atoms with Gasteiger partial charge in [0.15, 0.2) is 0 Å². The second-order valence-corrected chi connectivity index (χ2v) is 4.65. The lowest BCUT2D eigenvalue weighted by atomic mass is 10.3. The first-order valence-corrected chi connectivity index (χ1v) is 6.11. The van der Waals surface area contributed by atoms with Crippen molar-refractivity contribution in [3.05, 3.63) is 30.1 Å². The molecule has 0 saturated heterocycles. The third-order valence-electron chi connectivity index (χ3n) is 2.58. The van der Waals surface area contributed by atoms with E-state index in [1.54, 1.807) is 0 Å². The summed E-state index contributed by atoms with van der Waals surface area (Å²) >= 11 is 0. The first-order valence-electron chi connectivity index (χ1n) is 6.11. The van der Waals surface area contributed by atoms with Crippen molar-refractivity contribution in [2.45, 2.75) is 6.54 Å². The van der Waals surface area contributed by atoms with Gasteiger partial charge in [0, 0.05) is 45.1 Å². The summed E-state index contributed by atoms with van der Waals surface area (Å²) in [7, 11) is 6.33. The Morgan fingerprint density at radius 3 is 2.59 bits per heavy atom. The van der Waals surface area contributed by atoms with E-state index in [1.165, 1.54) is 5.56 Å². The molecule has 0 aromatic carbocycles. The summed E-state index contributed by atoms with van der Waals surface area (Å²) < 4.78 is 0. The first kappa shape index (κ1) is 14.1. The minimum atomic E-state index is 0.962. The number of nitrogens with one attached hydrogen (secondary N) is 1. The zero-order valence-corrected chi connectivity index (χ0v) is 11.2. The van der Waals surface area contributed by atoms with Crippen LogP contribution in [0.15, 0.2) is 24.5 Å². The average molecular weight is 236 g/mol. The van der Waals surface area contributed by atoms with Crippen LogP contribution in [0.1, 0.15) is 5.56 Å². The zero-order valence-electron chi connectivity index (χ0n) is 11.2. The van der Waals surface area contributed by atoms with Crippen LogP contribution < -0.4 is 5.32 Å². The number of nitrogens with zero attached hydrogens (tertiary/aromatic N) is 3. The van der Waals surface area contributed by atoms with E-state index >= 15 is 0 Å². The van der Waals surface area contributed by atoms with Crippen LogP contribution in [0.2, 0.25) is 0 Å². The van der Waals surface area contributed by atoms with Crippen LogP contribution >= 0.6 is 0 Å². The maximum absolute atomic E-state index is 4.12. The highest BCUT2D eigenvalue weighted by Gasteiger charge is 1.99. The monoisotopic (exact) mass is 236 g/mol. The van der Waals surface area contributed by atoms with E-state index in [9.17, 15) is 0 Å². The predicted octanol–water partition coefficient (Wildman–Crippen LogP) is 0.665. The molecule has 0 fully saturated rings. The smallest absolute Gasteiger partial charge is 0.0312 e. The summed E-state index contributed by atoms with van der Waals surface area (Å²) in [6, 6.07) is 4.10. The quantitative estimate of drug-likeness (QED) is 0.672. The van der Waals surface area contributed by atoms with Crippen molar-refractivity contribution in [1.29, 1.82) is 0 Å². The number of rotatable bonds is 8. The Kier molecular flexibility index (Phi) is 6.77. The standard InChI is InChI=1S/C13H24N4/c1-16(2)9-7-14-8-10-17(3)12-13-5-4-6-15-11-13/h4-6,11,14H,7-10,12H2,1-3H3. The number of hydrogen-bond donors (Lipinski definition) is 1. The fraction of sp³-hybridized carbons (Fsp3) is 0.615. The lowest BCUT2D eigenvalue weighted by Gasteiger charge is -2.17. The van der Waals surface area contributed by atoms with Crippen molar-refractivity contribution >= 4 is 0 Å². The van der Waals surface area contributed by atoms with Gasteiger partial charge < -0.3 is 15.1 Å². The highest BCUT2D eigenvalue weighted by Crippen LogP contribution is 1.99. The molecule has 96 valence electrons. The molecule has 4 nitrogen and oxygen atoms in total. The van der Waals surface area contributed by atoms with Crippen molar-refractivity contribution in [1.82, 2.24) is 20.1 Å². The van der Waals surface area contributed by atoms with Gasteiger partial charge in [-0.05, 0) is 32.8 Å². The van der Waals surface area contributed by atoms with E-state index in [1.807, 2.05) is 18.5 Å². The Labute approximate surface area is 105 Å². The van der Waals surface area contributed by atoms with Gasteiger partial charge in [-0.15, -0.1) is 0 Å². The van der Waals surface area contributed by atoms with Gasteiger partial charge in [-0.3, -0.25) is 4.98 Å². The Balaban J connectivity index is 2.07. The second-order valence-electron chi connectivity index (χ2n) is 4.65. The molecule has 4 heteroatoms. The van der Waals surface area contributed by atoms with Gasteiger partial charge in [0.1, 0.15) is 0 Å². The van der Waals surface area contributed by atoms with Gasteiger partial charge in [0.25, 0.3) is 0 Å². The number of pyridine rings is 1. The lowest BCUT2D eigenvalue weighted by molar-refractivity contribution is 0.318. The highest BCUT2D eigenvalue weighted by molar-refractivity contribution is 5.07. The van der Waals surface area contributed by atoms with Gasteiger partial charge in [-0.1, -0.05) is 6.07 Å². The third kappa shape index (κ3) is 7.05. The molecule has 0 aliphatic carbocycles. The fourth-order valence-electron chi connectivity index (χ4n) is 1.58. The fourth-order valence-corrected chi connectivity index (χ4v) is 1.58. The molecule has 0 atom stereocenters. The summed E-state index contributed by atoms with van der Waals surface area (Å²) in [6.45, 7) is 5.19. The zero-order chi connectivity index (χ0) is 12.5. The van der Waals surface area contributed by atoms with E-state index in [4.69, 9.17) is 0 Å². The van der Waals surface area contributed by atoms with Gasteiger partial charge in [-0.2, -0.15) is 0 Å². The Morgan fingerprint density at radius 1 is 1.18 bits per heavy atom. The molecule has 0 radical (unpaired) electrons. The van der Waals surface area contributed by atoms with Crippen LogP contribution in [0.25, 0.3) is 0 Å². The van der Waals surface area contributed by atoms with Crippen molar-refractivity contribution in [3.63, 3.8) is 0 Å². The summed E-state index contributed by atoms with van der Waals surface area (Å²) in [5, 5.41) is 3.43. The Bertz CT molecular complexity index is 287. The molecule has 1 aromatic rings. The van der Waals surface area contributed by atoms with Gasteiger partial charge in [-0.25, -0.2) is 0 Å². The largest absolute Gasteiger partial charge is 0.314 e. The molecule has 0 unspecified atom stereocenters. The topological polar surface area (TPSA) is 31.4 Å². The number of hydrogen-bond acceptors (Lipinski definition) is 4. The molecule has 1 rings (SSSR count). The molecule has 0 amide bonds. The van der Waals surface area contributed by atoms with Crippen LogP contribution in [0.3, 0.4) is 0 Å². The second kappa shape index (κ2) is 8.17. The highest BCUT2D eigenvalue weighted by atomic mass is 15.1. The van der Waals surface area contributed by atoms with Gasteiger partial charge in [0.05, 0.1) is 0 Å². The minimum absolute atomic E-state index is 0.962. The molecule has 1 aromatic heterocycles.